The Hall–Kier alpha value is -1.26. The van der Waals surface area contributed by atoms with Crippen molar-refractivity contribution in [2.75, 3.05) is 23.1 Å². The van der Waals surface area contributed by atoms with Gasteiger partial charge in [0.05, 0.1) is 12.0 Å². The number of hydrogen-bond donors (Lipinski definition) is 3. The zero-order chi connectivity index (χ0) is 14.3. The van der Waals surface area contributed by atoms with Crippen molar-refractivity contribution in [2.45, 2.75) is 32.8 Å². The number of carbonyl (C=O) groups excluding carboxylic acids is 1. The molecule has 0 aliphatic heterocycles. The molecule has 106 valence electrons. The molecular weight excluding hydrogens is 264 g/mol. The molecule has 0 heterocycles. The maximum Gasteiger partial charge on any atom is 0.224 e. The first-order chi connectivity index (χ1) is 9.06. The zero-order valence-corrected chi connectivity index (χ0v) is 12.1. The van der Waals surface area contributed by atoms with E-state index in [1.54, 1.807) is 0 Å². The van der Waals surface area contributed by atoms with Crippen LogP contribution in [0.15, 0.2) is 18.2 Å². The van der Waals surface area contributed by atoms with E-state index < -0.39 is 6.10 Å². The maximum absolute atomic E-state index is 11.5. The Morgan fingerprint density at radius 2 is 2.21 bits per heavy atom. The number of aryl methyl sites for hydroxylation is 1. The van der Waals surface area contributed by atoms with Crippen LogP contribution in [-0.4, -0.2) is 29.5 Å². The number of amides is 1. The third-order valence-electron chi connectivity index (χ3n) is 2.70. The third kappa shape index (κ3) is 5.49. The van der Waals surface area contributed by atoms with Gasteiger partial charge in [-0.05, 0) is 37.1 Å². The van der Waals surface area contributed by atoms with Gasteiger partial charge in [0, 0.05) is 24.3 Å². The van der Waals surface area contributed by atoms with Gasteiger partial charge in [-0.1, -0.05) is 6.92 Å². The number of aliphatic hydroxyl groups is 1. The lowest BCUT2D eigenvalue weighted by molar-refractivity contribution is -0.116. The lowest BCUT2D eigenvalue weighted by atomic mass is 10.1. The van der Waals surface area contributed by atoms with E-state index in [1.807, 2.05) is 32.0 Å². The Morgan fingerprint density at radius 3 is 2.79 bits per heavy atom. The van der Waals surface area contributed by atoms with E-state index in [4.69, 9.17) is 11.6 Å². The van der Waals surface area contributed by atoms with Gasteiger partial charge in [-0.25, -0.2) is 0 Å². The van der Waals surface area contributed by atoms with Crippen LogP contribution in [0.1, 0.15) is 25.3 Å². The summed E-state index contributed by atoms with van der Waals surface area (Å²) in [5, 5.41) is 15.3. The standard InChI is InChI=1S/C14H21ClN2O2/c1-3-4-14(19)17-13-6-5-11(7-10(13)2)16-9-12(18)8-15/h5-7,12,16,18H,3-4,8-9H2,1-2H3,(H,17,19). The van der Waals surface area contributed by atoms with Gasteiger partial charge in [0.1, 0.15) is 0 Å². The molecule has 0 aliphatic carbocycles. The fourth-order valence-corrected chi connectivity index (χ4v) is 1.75. The molecule has 1 aromatic carbocycles. The summed E-state index contributed by atoms with van der Waals surface area (Å²) in [4.78, 5) is 11.5. The minimum Gasteiger partial charge on any atom is -0.390 e. The first kappa shape index (κ1) is 15.8. The second kappa shape index (κ2) is 8.02. The molecule has 0 fully saturated rings. The fourth-order valence-electron chi connectivity index (χ4n) is 1.64. The van der Waals surface area contributed by atoms with Crippen LogP contribution in [0, 0.1) is 6.92 Å². The van der Waals surface area contributed by atoms with Crippen LogP contribution in [0.2, 0.25) is 0 Å². The summed E-state index contributed by atoms with van der Waals surface area (Å²) in [5.41, 5.74) is 2.70. The van der Waals surface area contributed by atoms with Gasteiger partial charge >= 0.3 is 0 Å². The second-order valence-corrected chi connectivity index (χ2v) is 4.83. The molecule has 1 amide bonds. The molecule has 0 saturated carbocycles. The molecular formula is C14H21ClN2O2. The summed E-state index contributed by atoms with van der Waals surface area (Å²) in [5.74, 6) is 0.237. The average molecular weight is 285 g/mol. The Bertz CT molecular complexity index is 424. The predicted octanol–water partition coefficient (Wildman–Crippen LogP) is 2.75. The summed E-state index contributed by atoms with van der Waals surface area (Å²) in [7, 11) is 0. The molecule has 0 saturated heterocycles. The Balaban J connectivity index is 2.61. The molecule has 1 atom stereocenters. The van der Waals surface area contributed by atoms with Crippen molar-refractivity contribution in [1.29, 1.82) is 0 Å². The van der Waals surface area contributed by atoms with E-state index in [9.17, 15) is 9.90 Å². The van der Waals surface area contributed by atoms with E-state index in [2.05, 4.69) is 10.6 Å². The summed E-state index contributed by atoms with van der Waals surface area (Å²) in [6.45, 7) is 4.32. The summed E-state index contributed by atoms with van der Waals surface area (Å²) in [6.07, 6.45) is 0.799. The smallest absolute Gasteiger partial charge is 0.224 e. The van der Waals surface area contributed by atoms with Gasteiger partial charge in [0.2, 0.25) is 5.91 Å². The normalized spacial score (nSPS) is 12.0. The molecule has 0 radical (unpaired) electrons. The molecule has 0 bridgehead atoms. The average Bonchev–Trinajstić information content (AvgIpc) is 2.39. The van der Waals surface area contributed by atoms with Gasteiger partial charge in [0.25, 0.3) is 0 Å². The first-order valence-corrected chi connectivity index (χ1v) is 6.98. The second-order valence-electron chi connectivity index (χ2n) is 4.52. The largest absolute Gasteiger partial charge is 0.390 e. The number of nitrogens with one attached hydrogen (secondary N) is 2. The number of aliphatic hydroxyl groups excluding tert-OH is 1. The lowest BCUT2D eigenvalue weighted by Gasteiger charge is -2.13. The van der Waals surface area contributed by atoms with Crippen LogP contribution in [0.25, 0.3) is 0 Å². The maximum atomic E-state index is 11.5. The van der Waals surface area contributed by atoms with E-state index in [1.165, 1.54) is 0 Å². The van der Waals surface area contributed by atoms with Gasteiger partial charge < -0.3 is 15.7 Å². The number of hydrogen-bond acceptors (Lipinski definition) is 3. The third-order valence-corrected chi connectivity index (χ3v) is 3.05. The van der Waals surface area contributed by atoms with Crippen LogP contribution in [0.5, 0.6) is 0 Å². The number of anilines is 2. The summed E-state index contributed by atoms with van der Waals surface area (Å²) >= 11 is 5.52. The monoisotopic (exact) mass is 284 g/mol. The molecule has 19 heavy (non-hydrogen) atoms. The van der Waals surface area contributed by atoms with Crippen LogP contribution in [0.3, 0.4) is 0 Å². The van der Waals surface area contributed by atoms with E-state index >= 15 is 0 Å². The SMILES string of the molecule is CCCC(=O)Nc1ccc(NCC(O)CCl)cc1C. The van der Waals surface area contributed by atoms with Crippen molar-refractivity contribution in [1.82, 2.24) is 0 Å². The van der Waals surface area contributed by atoms with E-state index in [-0.39, 0.29) is 11.8 Å². The van der Waals surface area contributed by atoms with Crippen LogP contribution < -0.4 is 10.6 Å². The number of alkyl halides is 1. The molecule has 0 spiro atoms. The molecule has 0 aliphatic rings. The number of rotatable bonds is 7. The quantitative estimate of drug-likeness (QED) is 0.675. The highest BCUT2D eigenvalue weighted by Gasteiger charge is 2.05. The van der Waals surface area contributed by atoms with Crippen molar-refractivity contribution in [3.63, 3.8) is 0 Å². The highest BCUT2D eigenvalue weighted by atomic mass is 35.5. The van der Waals surface area contributed by atoms with Crippen molar-refractivity contribution >= 4 is 28.9 Å². The van der Waals surface area contributed by atoms with E-state index in [0.717, 1.165) is 23.4 Å². The summed E-state index contributed by atoms with van der Waals surface area (Å²) < 4.78 is 0. The lowest BCUT2D eigenvalue weighted by Crippen LogP contribution is -2.20. The van der Waals surface area contributed by atoms with Crippen molar-refractivity contribution in [3.8, 4) is 0 Å². The number of benzene rings is 1. The van der Waals surface area contributed by atoms with Crippen LogP contribution in [0.4, 0.5) is 11.4 Å². The van der Waals surface area contributed by atoms with Gasteiger partial charge in [-0.2, -0.15) is 0 Å². The molecule has 1 unspecified atom stereocenters. The van der Waals surface area contributed by atoms with Gasteiger partial charge in [-0.15, -0.1) is 11.6 Å². The molecule has 5 heteroatoms. The fraction of sp³-hybridized carbons (Fsp3) is 0.500. The molecule has 0 aromatic heterocycles. The van der Waals surface area contributed by atoms with Crippen molar-refractivity contribution in [3.05, 3.63) is 23.8 Å². The topological polar surface area (TPSA) is 61.4 Å². The first-order valence-electron chi connectivity index (χ1n) is 6.45. The number of carbonyl (C=O) groups is 1. The molecule has 3 N–H and O–H groups in total. The molecule has 1 rings (SSSR count). The Kier molecular flexibility index (Phi) is 6.67. The number of halogens is 1. The van der Waals surface area contributed by atoms with Crippen LogP contribution >= 0.6 is 11.6 Å². The highest BCUT2D eigenvalue weighted by molar-refractivity contribution is 6.18. The van der Waals surface area contributed by atoms with Crippen molar-refractivity contribution in [2.24, 2.45) is 0 Å². The Morgan fingerprint density at radius 1 is 1.47 bits per heavy atom. The van der Waals surface area contributed by atoms with Crippen LogP contribution in [-0.2, 0) is 4.79 Å². The molecule has 1 aromatic rings. The highest BCUT2D eigenvalue weighted by Crippen LogP contribution is 2.20. The zero-order valence-electron chi connectivity index (χ0n) is 11.4. The predicted molar refractivity (Wildman–Crippen MR) is 79.9 cm³/mol. The van der Waals surface area contributed by atoms with Gasteiger partial charge in [0.15, 0.2) is 0 Å². The van der Waals surface area contributed by atoms with E-state index in [0.29, 0.717) is 13.0 Å². The minimum atomic E-state index is -0.564. The van der Waals surface area contributed by atoms with Gasteiger partial charge in [-0.3, -0.25) is 4.79 Å². The minimum absolute atomic E-state index is 0.0314. The van der Waals surface area contributed by atoms with Crippen molar-refractivity contribution < 1.29 is 9.90 Å². The summed E-state index contributed by atoms with van der Waals surface area (Å²) in [6, 6.07) is 5.66. The Labute approximate surface area is 119 Å². The molecule has 4 nitrogen and oxygen atoms in total.